The van der Waals surface area contributed by atoms with E-state index in [1.54, 1.807) is 0 Å². The number of rotatable bonds is 44. The molecule has 12 nitrogen and oxygen atoms in total. The van der Waals surface area contributed by atoms with E-state index >= 15 is 0 Å². The molecule has 1 aliphatic rings. The Morgan fingerprint density at radius 1 is 0.597 bits per heavy atom. The summed E-state index contributed by atoms with van der Waals surface area (Å²) in [7, 11) is -5.06. The summed E-state index contributed by atoms with van der Waals surface area (Å²) < 4.78 is 59.2. The molecule has 0 amide bonds. The zero-order valence-corrected chi connectivity index (χ0v) is 40.0. The van der Waals surface area contributed by atoms with Crippen molar-refractivity contribution < 1.29 is 56.2 Å². The maximum absolute atomic E-state index is 12.9. The van der Waals surface area contributed by atoms with Gasteiger partial charge < -0.3 is 34.3 Å². The van der Waals surface area contributed by atoms with Crippen molar-refractivity contribution in [1.82, 2.24) is 0 Å². The maximum Gasteiger partial charge on any atom is 0.397 e. The first kappa shape index (κ1) is 58.6. The fraction of sp³-hybridized carbons (Fsp3) is 0.898. The van der Waals surface area contributed by atoms with Gasteiger partial charge in [0.15, 0.2) is 6.29 Å². The number of esters is 1. The molecular formula is C49H92O12S. The van der Waals surface area contributed by atoms with Crippen LogP contribution in [0, 0.1) is 0 Å². The van der Waals surface area contributed by atoms with Crippen molar-refractivity contribution in [3.05, 3.63) is 24.3 Å². The van der Waals surface area contributed by atoms with Gasteiger partial charge in [0.1, 0.15) is 30.5 Å². The summed E-state index contributed by atoms with van der Waals surface area (Å²) in [5, 5.41) is 30.7. The number of hydrogen-bond donors (Lipinski definition) is 4. The lowest BCUT2D eigenvalue weighted by molar-refractivity contribution is -0.301. The van der Waals surface area contributed by atoms with Crippen LogP contribution < -0.4 is 0 Å². The molecule has 0 radical (unpaired) electrons. The highest BCUT2D eigenvalue weighted by molar-refractivity contribution is 7.80. The molecule has 1 aliphatic heterocycles. The predicted molar refractivity (Wildman–Crippen MR) is 248 cm³/mol. The Labute approximate surface area is 378 Å². The summed E-state index contributed by atoms with van der Waals surface area (Å²) in [4.78, 5) is 12.9. The zero-order valence-electron chi connectivity index (χ0n) is 39.2. The fourth-order valence-corrected chi connectivity index (χ4v) is 8.23. The van der Waals surface area contributed by atoms with Gasteiger partial charge >= 0.3 is 16.4 Å². The minimum Gasteiger partial charge on any atom is -0.457 e. The van der Waals surface area contributed by atoms with E-state index in [0.717, 1.165) is 57.8 Å². The predicted octanol–water partition coefficient (Wildman–Crippen LogP) is 11.2. The van der Waals surface area contributed by atoms with Gasteiger partial charge in [-0.2, -0.15) is 8.42 Å². The summed E-state index contributed by atoms with van der Waals surface area (Å²) in [6.45, 7) is 3.99. The fourth-order valence-electron chi connectivity index (χ4n) is 7.72. The Hall–Kier alpha value is -1.42. The number of carbonyl (C=O) groups is 1. The summed E-state index contributed by atoms with van der Waals surface area (Å²) in [6, 6.07) is 0. The number of aliphatic hydroxyl groups excluding tert-OH is 3. The molecule has 4 N–H and O–H groups in total. The SMILES string of the molecule is CCCCCCCC/C=C\CCCCCCCCCCCCOCC(COC1OC(CO)C(O)C(OS(=O)(=O)O)C1O)OC(=O)CCCCCCC/C=C\CCCCCCCC. The first-order chi connectivity index (χ1) is 30.1. The second-order valence-corrected chi connectivity index (χ2v) is 18.4. The standard InChI is InChI=1S/C49H92O12S/c1-3-5-7-9-11-13-15-17-19-20-21-22-23-25-27-29-31-33-35-37-39-57-41-43(42-58-49-47(53)48(61-62(54,55)56)46(52)44(40-50)60-49)59-45(51)38-36-34-32-30-28-26-24-18-16-14-12-10-8-6-4-2/h17-19,24,43-44,46-50,52-53H,3-16,20-23,25-42H2,1-2H3,(H,54,55,56)/b19-17-,24-18-. The third-order valence-corrected chi connectivity index (χ3v) is 12.0. The normalized spacial score (nSPS) is 20.1. The Morgan fingerprint density at radius 2 is 1.02 bits per heavy atom. The highest BCUT2D eigenvalue weighted by Gasteiger charge is 2.48. The Balaban J connectivity index is 2.37. The molecule has 0 spiro atoms. The average molecular weight is 905 g/mol. The number of unbranched alkanes of at least 4 members (excludes halogenated alkanes) is 27. The van der Waals surface area contributed by atoms with E-state index in [1.165, 1.54) is 135 Å². The van der Waals surface area contributed by atoms with E-state index in [0.29, 0.717) is 13.0 Å². The van der Waals surface area contributed by atoms with Crippen molar-refractivity contribution in [1.29, 1.82) is 0 Å². The van der Waals surface area contributed by atoms with E-state index in [9.17, 15) is 33.1 Å². The Morgan fingerprint density at radius 3 is 1.45 bits per heavy atom. The minimum atomic E-state index is -5.06. The first-order valence-corrected chi connectivity index (χ1v) is 26.5. The van der Waals surface area contributed by atoms with Crippen LogP contribution in [0.5, 0.6) is 0 Å². The minimum absolute atomic E-state index is 0.0346. The molecule has 1 fully saturated rings. The smallest absolute Gasteiger partial charge is 0.397 e. The molecule has 366 valence electrons. The molecule has 0 aliphatic carbocycles. The molecule has 1 rings (SSSR count). The van der Waals surface area contributed by atoms with Gasteiger partial charge in [-0.3, -0.25) is 9.35 Å². The van der Waals surface area contributed by atoms with Gasteiger partial charge in [-0.25, -0.2) is 4.18 Å². The van der Waals surface area contributed by atoms with Crippen LogP contribution in [0.1, 0.15) is 219 Å². The number of aliphatic hydroxyl groups is 3. The van der Waals surface area contributed by atoms with E-state index in [2.05, 4.69) is 42.3 Å². The monoisotopic (exact) mass is 905 g/mol. The summed E-state index contributed by atoms with van der Waals surface area (Å²) >= 11 is 0. The van der Waals surface area contributed by atoms with Crippen molar-refractivity contribution in [3.63, 3.8) is 0 Å². The van der Waals surface area contributed by atoms with Crippen LogP contribution in [0.4, 0.5) is 0 Å². The molecule has 0 saturated carbocycles. The van der Waals surface area contributed by atoms with Crippen molar-refractivity contribution in [2.24, 2.45) is 0 Å². The Bertz CT molecular complexity index is 1180. The van der Waals surface area contributed by atoms with E-state index in [-0.39, 0.29) is 19.6 Å². The first-order valence-electron chi connectivity index (χ1n) is 25.1. The van der Waals surface area contributed by atoms with Crippen LogP contribution >= 0.6 is 0 Å². The number of carbonyl (C=O) groups excluding carboxylic acids is 1. The molecule has 1 heterocycles. The molecule has 13 heteroatoms. The third kappa shape index (κ3) is 34.0. The molecule has 62 heavy (non-hydrogen) atoms. The molecule has 1 saturated heterocycles. The summed E-state index contributed by atoms with van der Waals surface area (Å²) in [6.07, 6.45) is 37.8. The number of hydrogen-bond acceptors (Lipinski definition) is 11. The van der Waals surface area contributed by atoms with Gasteiger partial charge in [0.2, 0.25) is 0 Å². The van der Waals surface area contributed by atoms with Gasteiger partial charge in [0.05, 0.1) is 19.8 Å². The Kier molecular flexibility index (Phi) is 38.8. The van der Waals surface area contributed by atoms with Gasteiger partial charge in [-0.15, -0.1) is 0 Å². The van der Waals surface area contributed by atoms with Crippen LogP contribution in [-0.2, 0) is 38.3 Å². The maximum atomic E-state index is 12.9. The summed E-state index contributed by atoms with van der Waals surface area (Å²) in [5.74, 6) is -0.406. The van der Waals surface area contributed by atoms with Gasteiger partial charge in [-0.1, -0.05) is 173 Å². The van der Waals surface area contributed by atoms with Gasteiger partial charge in [0.25, 0.3) is 0 Å². The molecule has 6 atom stereocenters. The number of ether oxygens (including phenoxy) is 4. The highest BCUT2D eigenvalue weighted by Crippen LogP contribution is 2.26. The van der Waals surface area contributed by atoms with E-state index in [4.69, 9.17) is 18.9 Å². The topological polar surface area (TPSA) is 178 Å². The lowest BCUT2D eigenvalue weighted by atomic mass is 9.99. The average Bonchev–Trinajstić information content (AvgIpc) is 3.24. The number of allylic oxidation sites excluding steroid dienone is 4. The second-order valence-electron chi connectivity index (χ2n) is 17.4. The largest absolute Gasteiger partial charge is 0.457 e. The molecular weight excluding hydrogens is 813 g/mol. The van der Waals surface area contributed by atoms with Gasteiger partial charge in [-0.05, 0) is 64.2 Å². The second kappa shape index (κ2) is 41.0. The zero-order chi connectivity index (χ0) is 45.4. The molecule has 0 aromatic heterocycles. The van der Waals surface area contributed by atoms with E-state index < -0.39 is 59.8 Å². The molecule has 0 aromatic rings. The molecule has 0 bridgehead atoms. The lowest BCUT2D eigenvalue weighted by Gasteiger charge is -2.41. The van der Waals surface area contributed by atoms with Crippen LogP contribution in [0.15, 0.2) is 24.3 Å². The van der Waals surface area contributed by atoms with Crippen molar-refractivity contribution in [3.8, 4) is 0 Å². The van der Waals surface area contributed by atoms with Crippen LogP contribution in [0.3, 0.4) is 0 Å². The quantitative estimate of drug-likeness (QED) is 0.0197. The molecule has 6 unspecified atom stereocenters. The van der Waals surface area contributed by atoms with Crippen molar-refractivity contribution in [2.45, 2.75) is 256 Å². The van der Waals surface area contributed by atoms with Gasteiger partial charge in [0, 0.05) is 13.0 Å². The van der Waals surface area contributed by atoms with Crippen molar-refractivity contribution >= 4 is 16.4 Å². The third-order valence-electron chi connectivity index (χ3n) is 11.5. The van der Waals surface area contributed by atoms with Crippen LogP contribution in [0.25, 0.3) is 0 Å². The summed E-state index contributed by atoms with van der Waals surface area (Å²) in [5.41, 5.74) is 0. The lowest BCUT2D eigenvalue weighted by Crippen LogP contribution is -2.60. The van der Waals surface area contributed by atoms with E-state index in [1.807, 2.05) is 0 Å². The van der Waals surface area contributed by atoms with Crippen molar-refractivity contribution in [2.75, 3.05) is 26.4 Å². The van der Waals surface area contributed by atoms with Crippen LogP contribution in [-0.4, -0.2) is 97.5 Å². The van der Waals surface area contributed by atoms with Crippen LogP contribution in [0.2, 0.25) is 0 Å². The highest BCUT2D eigenvalue weighted by atomic mass is 32.3. The molecule has 0 aromatic carbocycles.